The molecule has 1 N–H and O–H groups in total. The zero-order chi connectivity index (χ0) is 19.6. The molecule has 12 heteroatoms. The van der Waals surface area contributed by atoms with Gasteiger partial charge in [0.15, 0.2) is 10.3 Å². The van der Waals surface area contributed by atoms with Crippen LogP contribution in [0.5, 0.6) is 0 Å². The molecule has 0 aromatic heterocycles. The molecule has 0 bridgehead atoms. The van der Waals surface area contributed by atoms with Gasteiger partial charge in [0.05, 0.1) is 12.6 Å². The monoisotopic (exact) mass is 400 g/mol. The van der Waals surface area contributed by atoms with Crippen LogP contribution in [-0.4, -0.2) is 59.5 Å². The van der Waals surface area contributed by atoms with Crippen molar-refractivity contribution in [3.05, 3.63) is 11.6 Å². The molecular formula is C14H21N2NaO8S. The average molecular weight is 400 g/mol. The van der Waals surface area contributed by atoms with E-state index in [4.69, 9.17) is 9.47 Å². The predicted octanol–water partition coefficient (Wildman–Crippen LogP) is -2.94. The van der Waals surface area contributed by atoms with Crippen molar-refractivity contribution in [1.82, 2.24) is 9.62 Å². The fraction of sp³-hybridized carbons (Fsp3) is 0.643. The number of carbonyl (C=O) groups excluding carboxylic acids is 3. The number of rotatable bonds is 5. The van der Waals surface area contributed by atoms with Gasteiger partial charge in [0.2, 0.25) is 0 Å². The maximum atomic E-state index is 12.0. The molecule has 0 aromatic carbocycles. The summed E-state index contributed by atoms with van der Waals surface area (Å²) < 4.78 is 43.6. The Balaban J connectivity index is 0.00000625. The normalized spacial score (nSPS) is 20.6. The van der Waals surface area contributed by atoms with Gasteiger partial charge in [-0.05, 0) is 40.2 Å². The summed E-state index contributed by atoms with van der Waals surface area (Å²) in [6, 6.07) is -2.67. The van der Waals surface area contributed by atoms with Crippen LogP contribution < -0.4 is 34.9 Å². The van der Waals surface area contributed by atoms with Gasteiger partial charge in [-0.2, -0.15) is 0 Å². The Labute approximate surface area is 174 Å². The van der Waals surface area contributed by atoms with Crippen LogP contribution in [0.4, 0.5) is 4.79 Å². The maximum Gasteiger partial charge on any atom is 1.00 e. The average Bonchev–Trinajstić information content (AvgIpc) is 2.38. The smallest absolute Gasteiger partial charge is 0.731 e. The molecule has 26 heavy (non-hydrogen) atoms. The minimum Gasteiger partial charge on any atom is -0.731 e. The molecule has 10 nitrogen and oxygen atoms in total. The van der Waals surface area contributed by atoms with Gasteiger partial charge in [-0.25, -0.2) is 22.3 Å². The van der Waals surface area contributed by atoms with Gasteiger partial charge in [0.1, 0.15) is 11.6 Å². The Hall–Kier alpha value is -1.14. The van der Waals surface area contributed by atoms with Crippen molar-refractivity contribution in [3.8, 4) is 0 Å². The van der Waals surface area contributed by atoms with Gasteiger partial charge in [0, 0.05) is 6.08 Å². The van der Waals surface area contributed by atoms with E-state index in [0.29, 0.717) is 0 Å². The van der Waals surface area contributed by atoms with Crippen molar-refractivity contribution < 1.29 is 66.4 Å². The summed E-state index contributed by atoms with van der Waals surface area (Å²) in [6.07, 6.45) is 0.00507. The fourth-order valence-electron chi connectivity index (χ4n) is 2.19. The number of carbonyl (C=O) groups is 3. The van der Waals surface area contributed by atoms with Crippen LogP contribution in [0, 0.1) is 0 Å². The molecule has 1 aliphatic rings. The molecule has 1 fully saturated rings. The summed E-state index contributed by atoms with van der Waals surface area (Å²) in [5.41, 5.74) is -0.773. The molecule has 0 spiro atoms. The first-order chi connectivity index (χ1) is 11.3. The Morgan fingerprint density at radius 3 is 2.31 bits per heavy atom. The Morgan fingerprint density at radius 1 is 1.35 bits per heavy atom. The van der Waals surface area contributed by atoms with Crippen LogP contribution in [0.1, 0.15) is 34.6 Å². The number of β-lactam (4-membered cyclic amide) rings is 1. The molecule has 0 unspecified atom stereocenters. The van der Waals surface area contributed by atoms with Crippen molar-refractivity contribution >= 4 is 28.3 Å². The third kappa shape index (κ3) is 6.54. The first kappa shape index (κ1) is 24.9. The van der Waals surface area contributed by atoms with Crippen LogP contribution in [0.15, 0.2) is 11.6 Å². The van der Waals surface area contributed by atoms with E-state index in [1.165, 1.54) is 6.92 Å². The van der Waals surface area contributed by atoms with Crippen molar-refractivity contribution in [2.24, 2.45) is 0 Å². The number of esters is 1. The zero-order valence-corrected chi connectivity index (χ0v) is 18.4. The van der Waals surface area contributed by atoms with E-state index in [2.05, 4.69) is 5.32 Å². The molecular weight excluding hydrogens is 379 g/mol. The van der Waals surface area contributed by atoms with Crippen molar-refractivity contribution in [1.29, 1.82) is 0 Å². The van der Waals surface area contributed by atoms with Crippen molar-refractivity contribution in [3.63, 3.8) is 0 Å². The van der Waals surface area contributed by atoms with E-state index in [1.807, 2.05) is 0 Å². The third-order valence-electron chi connectivity index (χ3n) is 3.06. The SMILES string of the molecule is CCOC(=O)/C=C(/C)[C@H]1[C@@H](NC(=O)OC(C)(C)C)C(=O)N1S(=O)(=O)[O-].[Na+]. The van der Waals surface area contributed by atoms with E-state index in [0.717, 1.165) is 6.08 Å². The first-order valence-electron chi connectivity index (χ1n) is 7.41. The second kappa shape index (κ2) is 9.18. The molecule has 1 aliphatic heterocycles. The molecule has 0 aliphatic carbocycles. The largest absolute Gasteiger partial charge is 1.00 e. The number of nitrogens with zero attached hydrogens (tertiary/aromatic N) is 1. The van der Waals surface area contributed by atoms with E-state index >= 15 is 0 Å². The van der Waals surface area contributed by atoms with E-state index in [1.54, 1.807) is 27.7 Å². The maximum absolute atomic E-state index is 12.0. The number of nitrogens with one attached hydrogen (secondary N) is 1. The van der Waals surface area contributed by atoms with Gasteiger partial charge in [-0.3, -0.25) is 4.79 Å². The first-order valence-corrected chi connectivity index (χ1v) is 8.78. The van der Waals surface area contributed by atoms with Gasteiger partial charge >= 0.3 is 41.6 Å². The van der Waals surface area contributed by atoms with Gasteiger partial charge in [0.25, 0.3) is 5.91 Å². The van der Waals surface area contributed by atoms with Gasteiger partial charge in [-0.15, -0.1) is 0 Å². The molecule has 0 aromatic rings. The summed E-state index contributed by atoms with van der Waals surface area (Å²) in [5, 5.41) is 2.21. The second-order valence-corrected chi connectivity index (χ2v) is 7.55. The Kier molecular flexibility index (Phi) is 8.77. The molecule has 1 saturated heterocycles. The Morgan fingerprint density at radius 2 is 1.88 bits per heavy atom. The van der Waals surface area contributed by atoms with Crippen LogP contribution in [-0.2, 0) is 29.4 Å². The fourth-order valence-corrected chi connectivity index (χ4v) is 3.09. The standard InChI is InChI=1S/C14H22N2O8S.Na/c1-6-23-9(17)7-8(2)11-10(12(18)16(11)25(20,21)22)15-13(19)24-14(3,4)5;/h7,10-11H,6H2,1-5H3,(H,15,19)(H,20,21,22);/q;+1/p-1/b8-7-;/t10-,11+;/m1./s1. The number of hydrogen-bond acceptors (Lipinski definition) is 8. The summed E-state index contributed by atoms with van der Waals surface area (Å²) in [6.45, 7) is 7.83. The molecule has 0 radical (unpaired) electrons. The zero-order valence-electron chi connectivity index (χ0n) is 15.6. The van der Waals surface area contributed by atoms with Crippen LogP contribution >= 0.6 is 0 Å². The van der Waals surface area contributed by atoms with Crippen molar-refractivity contribution in [2.45, 2.75) is 52.3 Å². The molecule has 142 valence electrons. The van der Waals surface area contributed by atoms with E-state index in [-0.39, 0.29) is 46.0 Å². The summed E-state index contributed by atoms with van der Waals surface area (Å²) in [4.78, 5) is 35.3. The quantitative estimate of drug-likeness (QED) is 0.170. The Bertz CT molecular complexity index is 698. The molecule has 2 atom stereocenters. The second-order valence-electron chi connectivity index (χ2n) is 6.30. The molecule has 0 saturated carbocycles. The number of alkyl carbamates (subject to hydrolysis) is 1. The third-order valence-corrected chi connectivity index (χ3v) is 3.95. The number of ether oxygens (including phenoxy) is 2. The molecule has 2 amide bonds. The van der Waals surface area contributed by atoms with Crippen LogP contribution in [0.25, 0.3) is 0 Å². The topological polar surface area (TPSA) is 142 Å². The molecule has 1 rings (SSSR count). The number of amides is 2. The van der Waals surface area contributed by atoms with E-state index in [9.17, 15) is 27.4 Å². The molecule has 1 heterocycles. The summed E-state index contributed by atoms with van der Waals surface area (Å²) >= 11 is 0. The predicted molar refractivity (Wildman–Crippen MR) is 83.9 cm³/mol. The minimum absolute atomic E-state index is 0. The minimum atomic E-state index is -5.11. The van der Waals surface area contributed by atoms with Crippen LogP contribution in [0.3, 0.4) is 0 Å². The summed E-state index contributed by atoms with van der Waals surface area (Å²) in [5.74, 6) is -1.87. The van der Waals surface area contributed by atoms with Gasteiger partial charge < -0.3 is 19.3 Å². The van der Waals surface area contributed by atoms with Gasteiger partial charge in [-0.1, -0.05) is 0 Å². The summed E-state index contributed by atoms with van der Waals surface area (Å²) in [7, 11) is -5.11. The van der Waals surface area contributed by atoms with E-state index < -0.39 is 46.0 Å². The number of hydrogen-bond donors (Lipinski definition) is 1. The van der Waals surface area contributed by atoms with Crippen molar-refractivity contribution in [2.75, 3.05) is 6.61 Å². The van der Waals surface area contributed by atoms with Crippen LogP contribution in [0.2, 0.25) is 0 Å².